The summed E-state index contributed by atoms with van der Waals surface area (Å²) >= 11 is 3.52. The molecule has 1 atom stereocenters. The minimum Gasteiger partial charge on any atom is -0.389 e. The van der Waals surface area contributed by atoms with Gasteiger partial charge in [0.15, 0.2) is 0 Å². The molecule has 0 aliphatic carbocycles. The van der Waals surface area contributed by atoms with Crippen LogP contribution in [-0.2, 0) is 6.42 Å². The van der Waals surface area contributed by atoms with E-state index in [1.54, 1.807) is 0 Å². The minimum absolute atomic E-state index is 0.462. The van der Waals surface area contributed by atoms with Crippen molar-refractivity contribution in [2.75, 3.05) is 11.4 Å². The van der Waals surface area contributed by atoms with E-state index in [-0.39, 0.29) is 0 Å². The number of para-hydroxylation sites is 1. The lowest BCUT2D eigenvalue weighted by Gasteiger charge is -2.24. The Morgan fingerprint density at radius 2 is 1.95 bits per heavy atom. The molecular formula is C16H16BrNO. The van der Waals surface area contributed by atoms with Gasteiger partial charge in [-0.15, -0.1) is 0 Å². The Bertz CT molecular complexity index is 609. The van der Waals surface area contributed by atoms with Crippen LogP contribution in [0.3, 0.4) is 0 Å². The zero-order valence-electron chi connectivity index (χ0n) is 10.8. The first kappa shape index (κ1) is 12.7. The first-order valence-electron chi connectivity index (χ1n) is 6.50. The van der Waals surface area contributed by atoms with E-state index in [1.807, 2.05) is 19.1 Å². The number of hydrogen-bond donors (Lipinski definition) is 1. The van der Waals surface area contributed by atoms with Gasteiger partial charge in [0.25, 0.3) is 0 Å². The van der Waals surface area contributed by atoms with E-state index in [1.165, 1.54) is 11.3 Å². The molecule has 0 amide bonds. The van der Waals surface area contributed by atoms with Crippen LogP contribution in [0.5, 0.6) is 0 Å². The van der Waals surface area contributed by atoms with Gasteiger partial charge in [0, 0.05) is 28.0 Å². The Balaban J connectivity index is 2.11. The van der Waals surface area contributed by atoms with Crippen molar-refractivity contribution < 1.29 is 5.11 Å². The fourth-order valence-electron chi connectivity index (χ4n) is 2.69. The molecule has 3 rings (SSSR count). The molecule has 2 aromatic rings. The summed E-state index contributed by atoms with van der Waals surface area (Å²) in [6, 6.07) is 14.5. The maximum Gasteiger partial charge on any atom is 0.0782 e. The molecule has 3 heteroatoms. The highest BCUT2D eigenvalue weighted by atomic mass is 79.9. The number of aliphatic hydroxyl groups excluding tert-OH is 1. The van der Waals surface area contributed by atoms with Crippen LogP contribution in [0.25, 0.3) is 0 Å². The Morgan fingerprint density at radius 1 is 1.16 bits per heavy atom. The predicted molar refractivity (Wildman–Crippen MR) is 81.9 cm³/mol. The summed E-state index contributed by atoms with van der Waals surface area (Å²) < 4.78 is 1.04. The second kappa shape index (κ2) is 4.99. The van der Waals surface area contributed by atoms with Crippen molar-refractivity contribution >= 4 is 27.3 Å². The molecule has 0 bridgehead atoms. The predicted octanol–water partition coefficient (Wildman–Crippen LogP) is 4.20. The number of hydrogen-bond acceptors (Lipinski definition) is 2. The smallest absolute Gasteiger partial charge is 0.0782 e. The average molecular weight is 318 g/mol. The molecule has 0 aromatic heterocycles. The first-order valence-corrected chi connectivity index (χ1v) is 7.29. The summed E-state index contributed by atoms with van der Waals surface area (Å²) in [5.74, 6) is 0. The molecule has 2 aromatic carbocycles. The van der Waals surface area contributed by atoms with Crippen molar-refractivity contribution in [3.8, 4) is 0 Å². The molecule has 1 N–H and O–H groups in total. The monoisotopic (exact) mass is 317 g/mol. The molecule has 0 saturated heterocycles. The lowest BCUT2D eigenvalue weighted by molar-refractivity contribution is 0.200. The van der Waals surface area contributed by atoms with E-state index in [2.05, 4.69) is 51.2 Å². The lowest BCUT2D eigenvalue weighted by Crippen LogP contribution is -2.16. The number of aliphatic hydroxyl groups is 1. The Hall–Kier alpha value is -1.32. The van der Waals surface area contributed by atoms with E-state index < -0.39 is 6.10 Å². The fraction of sp³-hybridized carbons (Fsp3) is 0.250. The molecule has 0 spiro atoms. The van der Waals surface area contributed by atoms with Crippen LogP contribution in [0.1, 0.15) is 24.2 Å². The number of rotatable bonds is 2. The molecule has 98 valence electrons. The topological polar surface area (TPSA) is 23.5 Å². The van der Waals surface area contributed by atoms with E-state index >= 15 is 0 Å². The zero-order chi connectivity index (χ0) is 13.4. The van der Waals surface area contributed by atoms with Crippen LogP contribution in [0.2, 0.25) is 0 Å². The van der Waals surface area contributed by atoms with Gasteiger partial charge in [0.2, 0.25) is 0 Å². The Labute approximate surface area is 121 Å². The van der Waals surface area contributed by atoms with E-state index in [0.29, 0.717) is 0 Å². The van der Waals surface area contributed by atoms with Crippen molar-refractivity contribution in [3.05, 3.63) is 58.1 Å². The normalized spacial score (nSPS) is 15.4. The molecule has 0 radical (unpaired) electrons. The standard InChI is InChI=1S/C16H16BrNO/c1-11(19)14-7-6-13(17)10-16(14)18-9-8-12-4-2-3-5-15(12)18/h2-7,10-11,19H,8-9H2,1H3. The van der Waals surface area contributed by atoms with Crippen molar-refractivity contribution in [1.29, 1.82) is 0 Å². The van der Waals surface area contributed by atoms with Gasteiger partial charge in [-0.1, -0.05) is 40.2 Å². The third-order valence-corrected chi connectivity index (χ3v) is 4.11. The summed E-state index contributed by atoms with van der Waals surface area (Å²) in [5, 5.41) is 9.96. The number of anilines is 2. The van der Waals surface area contributed by atoms with Crippen molar-refractivity contribution in [3.63, 3.8) is 0 Å². The molecule has 1 heterocycles. The molecule has 0 saturated carbocycles. The van der Waals surface area contributed by atoms with Gasteiger partial charge in [-0.25, -0.2) is 0 Å². The highest BCUT2D eigenvalue weighted by Crippen LogP contribution is 2.39. The van der Waals surface area contributed by atoms with Gasteiger partial charge in [0.05, 0.1) is 6.10 Å². The average Bonchev–Trinajstić information content (AvgIpc) is 2.82. The lowest BCUT2D eigenvalue weighted by atomic mass is 10.1. The maximum atomic E-state index is 9.96. The third-order valence-electron chi connectivity index (χ3n) is 3.62. The SMILES string of the molecule is CC(O)c1ccc(Br)cc1N1CCc2ccccc21. The van der Waals surface area contributed by atoms with Gasteiger partial charge < -0.3 is 10.0 Å². The second-order valence-corrected chi connectivity index (χ2v) is 5.83. The van der Waals surface area contributed by atoms with Crippen molar-refractivity contribution in [2.45, 2.75) is 19.4 Å². The molecule has 1 aliphatic heterocycles. The summed E-state index contributed by atoms with van der Waals surface area (Å²) in [6.07, 6.45) is 0.595. The number of fused-ring (bicyclic) bond motifs is 1. The zero-order valence-corrected chi connectivity index (χ0v) is 12.4. The third kappa shape index (κ3) is 2.28. The molecule has 1 unspecified atom stereocenters. The maximum absolute atomic E-state index is 9.96. The van der Waals surface area contributed by atoms with Crippen molar-refractivity contribution in [1.82, 2.24) is 0 Å². The number of benzene rings is 2. The minimum atomic E-state index is -0.462. The summed E-state index contributed by atoms with van der Waals surface area (Å²) in [4.78, 5) is 2.29. The van der Waals surface area contributed by atoms with E-state index in [4.69, 9.17) is 0 Å². The molecule has 0 fully saturated rings. The molecular weight excluding hydrogens is 302 g/mol. The van der Waals surface area contributed by atoms with Gasteiger partial charge in [-0.3, -0.25) is 0 Å². The van der Waals surface area contributed by atoms with Gasteiger partial charge >= 0.3 is 0 Å². The summed E-state index contributed by atoms with van der Waals surface area (Å²) in [6.45, 7) is 2.78. The number of nitrogens with zero attached hydrogens (tertiary/aromatic N) is 1. The highest BCUT2D eigenvalue weighted by molar-refractivity contribution is 9.10. The van der Waals surface area contributed by atoms with E-state index in [0.717, 1.165) is 28.7 Å². The second-order valence-electron chi connectivity index (χ2n) is 4.91. The van der Waals surface area contributed by atoms with Crippen LogP contribution in [0.4, 0.5) is 11.4 Å². The molecule has 19 heavy (non-hydrogen) atoms. The summed E-state index contributed by atoms with van der Waals surface area (Å²) in [5.41, 5.74) is 4.69. The quantitative estimate of drug-likeness (QED) is 0.897. The van der Waals surface area contributed by atoms with Gasteiger partial charge in [-0.2, -0.15) is 0 Å². The van der Waals surface area contributed by atoms with Crippen LogP contribution in [-0.4, -0.2) is 11.7 Å². The molecule has 1 aliphatic rings. The highest BCUT2D eigenvalue weighted by Gasteiger charge is 2.23. The van der Waals surface area contributed by atoms with Crippen LogP contribution >= 0.6 is 15.9 Å². The Kier molecular flexibility index (Phi) is 3.33. The molecule has 2 nitrogen and oxygen atoms in total. The number of halogens is 1. The largest absolute Gasteiger partial charge is 0.389 e. The van der Waals surface area contributed by atoms with Gasteiger partial charge in [-0.05, 0) is 37.1 Å². The van der Waals surface area contributed by atoms with Crippen LogP contribution < -0.4 is 4.90 Å². The fourth-order valence-corrected chi connectivity index (χ4v) is 3.04. The van der Waals surface area contributed by atoms with Crippen molar-refractivity contribution in [2.24, 2.45) is 0 Å². The van der Waals surface area contributed by atoms with E-state index in [9.17, 15) is 5.11 Å². The van der Waals surface area contributed by atoms with Crippen LogP contribution in [0.15, 0.2) is 46.9 Å². The van der Waals surface area contributed by atoms with Crippen LogP contribution in [0, 0.1) is 0 Å². The first-order chi connectivity index (χ1) is 9.16. The summed E-state index contributed by atoms with van der Waals surface area (Å²) in [7, 11) is 0. The Morgan fingerprint density at radius 3 is 2.74 bits per heavy atom. The van der Waals surface area contributed by atoms with Gasteiger partial charge in [0.1, 0.15) is 0 Å².